The van der Waals surface area contributed by atoms with Gasteiger partial charge in [-0.25, -0.2) is 4.79 Å². The number of aromatic nitrogens is 2. The number of likely N-dealkylation sites (tertiary alicyclic amines) is 1. The van der Waals surface area contributed by atoms with E-state index in [1.807, 2.05) is 14.0 Å². The van der Waals surface area contributed by atoms with E-state index in [0.29, 0.717) is 12.5 Å². The number of halogens is 1. The number of nitrogens with one attached hydrogen (secondary N) is 2. The van der Waals surface area contributed by atoms with Crippen LogP contribution in [0, 0.1) is 5.92 Å². The first kappa shape index (κ1) is 17.1. The van der Waals surface area contributed by atoms with E-state index in [0.717, 1.165) is 55.4 Å². The van der Waals surface area contributed by atoms with Gasteiger partial charge in [-0.1, -0.05) is 18.5 Å². The average molecular weight is 328 g/mol. The second kappa shape index (κ2) is 7.83. The highest BCUT2D eigenvalue weighted by molar-refractivity contribution is 6.30. The molecule has 1 aliphatic heterocycles. The molecule has 0 radical (unpaired) electrons. The standard InChI is InChI=1S/C15H26ClN5O/c1-4-13-12(14(16)20(3)19-13)10-21-7-6-11(9-21)8-18-15(22)17-5-2/h11H,4-10H2,1-3H3,(H2,17,18,22)/t11-/m1/s1. The lowest BCUT2D eigenvalue weighted by Crippen LogP contribution is -2.38. The Balaban J connectivity index is 1.85. The number of carbonyl (C=O) groups is 1. The minimum absolute atomic E-state index is 0.0791. The van der Waals surface area contributed by atoms with Crippen LogP contribution >= 0.6 is 11.6 Å². The van der Waals surface area contributed by atoms with Gasteiger partial charge < -0.3 is 10.6 Å². The van der Waals surface area contributed by atoms with E-state index in [9.17, 15) is 4.79 Å². The first-order valence-electron chi connectivity index (χ1n) is 7.99. The van der Waals surface area contributed by atoms with E-state index in [4.69, 9.17) is 11.6 Å². The van der Waals surface area contributed by atoms with Gasteiger partial charge >= 0.3 is 6.03 Å². The van der Waals surface area contributed by atoms with Gasteiger partial charge in [0.2, 0.25) is 0 Å². The molecule has 2 N–H and O–H groups in total. The van der Waals surface area contributed by atoms with Crippen molar-refractivity contribution in [2.75, 3.05) is 26.2 Å². The van der Waals surface area contributed by atoms with Crippen molar-refractivity contribution in [1.82, 2.24) is 25.3 Å². The molecule has 1 aromatic rings. The van der Waals surface area contributed by atoms with Crippen molar-refractivity contribution in [3.05, 3.63) is 16.4 Å². The number of aryl methyl sites for hydroxylation is 2. The van der Waals surface area contributed by atoms with E-state index < -0.39 is 0 Å². The first-order chi connectivity index (χ1) is 10.5. The molecule has 22 heavy (non-hydrogen) atoms. The van der Waals surface area contributed by atoms with Crippen molar-refractivity contribution in [1.29, 1.82) is 0 Å². The van der Waals surface area contributed by atoms with Gasteiger partial charge in [0, 0.05) is 38.8 Å². The van der Waals surface area contributed by atoms with Crippen LogP contribution < -0.4 is 10.6 Å². The molecule has 0 aromatic carbocycles. The van der Waals surface area contributed by atoms with Crippen LogP contribution in [0.2, 0.25) is 5.15 Å². The molecular weight excluding hydrogens is 302 g/mol. The smallest absolute Gasteiger partial charge is 0.314 e. The van der Waals surface area contributed by atoms with Crippen molar-refractivity contribution in [2.24, 2.45) is 13.0 Å². The van der Waals surface area contributed by atoms with Crippen LogP contribution in [-0.2, 0) is 20.0 Å². The maximum absolute atomic E-state index is 11.4. The molecule has 0 bridgehead atoms. The lowest BCUT2D eigenvalue weighted by atomic mass is 10.1. The summed E-state index contributed by atoms with van der Waals surface area (Å²) in [6.07, 6.45) is 2.00. The molecule has 0 spiro atoms. The summed E-state index contributed by atoms with van der Waals surface area (Å²) in [6, 6.07) is -0.0791. The van der Waals surface area contributed by atoms with Gasteiger partial charge in [0.05, 0.1) is 5.69 Å². The summed E-state index contributed by atoms with van der Waals surface area (Å²) in [4.78, 5) is 13.8. The zero-order valence-corrected chi connectivity index (χ0v) is 14.4. The van der Waals surface area contributed by atoms with Crippen LogP contribution in [0.15, 0.2) is 0 Å². The van der Waals surface area contributed by atoms with Crippen molar-refractivity contribution < 1.29 is 4.79 Å². The molecule has 2 heterocycles. The Morgan fingerprint density at radius 3 is 2.86 bits per heavy atom. The first-order valence-corrected chi connectivity index (χ1v) is 8.37. The molecule has 0 aliphatic carbocycles. The average Bonchev–Trinajstić information content (AvgIpc) is 3.05. The fourth-order valence-corrected chi connectivity index (χ4v) is 3.15. The van der Waals surface area contributed by atoms with Gasteiger partial charge in [-0.2, -0.15) is 5.10 Å². The summed E-state index contributed by atoms with van der Waals surface area (Å²) >= 11 is 6.35. The molecule has 0 unspecified atom stereocenters. The zero-order valence-electron chi connectivity index (χ0n) is 13.7. The van der Waals surface area contributed by atoms with E-state index in [-0.39, 0.29) is 6.03 Å². The number of urea groups is 1. The summed E-state index contributed by atoms with van der Waals surface area (Å²) in [5.74, 6) is 0.503. The SMILES string of the molecule is CCNC(=O)NC[C@H]1CCN(Cc2c(CC)nn(C)c2Cl)C1. The number of carbonyl (C=O) groups excluding carboxylic acids is 1. The van der Waals surface area contributed by atoms with Crippen LogP contribution in [0.3, 0.4) is 0 Å². The minimum atomic E-state index is -0.0791. The normalized spacial score (nSPS) is 18.6. The predicted molar refractivity (Wildman–Crippen MR) is 88.1 cm³/mol. The third kappa shape index (κ3) is 4.14. The summed E-state index contributed by atoms with van der Waals surface area (Å²) in [6.45, 7) is 8.26. The second-order valence-electron chi connectivity index (χ2n) is 5.82. The van der Waals surface area contributed by atoms with Crippen molar-refractivity contribution >= 4 is 17.6 Å². The van der Waals surface area contributed by atoms with Crippen LogP contribution in [0.4, 0.5) is 4.79 Å². The predicted octanol–water partition coefficient (Wildman–Crippen LogP) is 1.78. The quantitative estimate of drug-likeness (QED) is 0.837. The summed E-state index contributed by atoms with van der Waals surface area (Å²) in [5.41, 5.74) is 2.22. The van der Waals surface area contributed by atoms with Crippen molar-refractivity contribution in [2.45, 2.75) is 33.2 Å². The van der Waals surface area contributed by atoms with Crippen molar-refractivity contribution in [3.63, 3.8) is 0 Å². The van der Waals surface area contributed by atoms with E-state index in [1.54, 1.807) is 4.68 Å². The van der Waals surface area contributed by atoms with Crippen LogP contribution in [0.25, 0.3) is 0 Å². The van der Waals surface area contributed by atoms with E-state index >= 15 is 0 Å². The molecular formula is C15H26ClN5O. The maximum Gasteiger partial charge on any atom is 0.314 e. The van der Waals surface area contributed by atoms with Crippen LogP contribution in [0.5, 0.6) is 0 Å². The molecule has 1 atom stereocenters. The number of hydrogen-bond donors (Lipinski definition) is 2. The Kier molecular flexibility index (Phi) is 6.08. The third-order valence-electron chi connectivity index (χ3n) is 4.13. The summed E-state index contributed by atoms with van der Waals surface area (Å²) < 4.78 is 1.75. The Hall–Kier alpha value is -1.27. The highest BCUT2D eigenvalue weighted by atomic mass is 35.5. The molecule has 1 saturated heterocycles. The Bertz CT molecular complexity index is 516. The van der Waals surface area contributed by atoms with Gasteiger partial charge in [0.1, 0.15) is 5.15 Å². The molecule has 124 valence electrons. The number of rotatable bonds is 6. The van der Waals surface area contributed by atoms with E-state index in [1.165, 1.54) is 0 Å². The van der Waals surface area contributed by atoms with Crippen LogP contribution in [-0.4, -0.2) is 46.9 Å². The Morgan fingerprint density at radius 2 is 2.18 bits per heavy atom. The molecule has 0 saturated carbocycles. The number of amides is 2. The molecule has 1 fully saturated rings. The lowest BCUT2D eigenvalue weighted by molar-refractivity contribution is 0.239. The van der Waals surface area contributed by atoms with Crippen molar-refractivity contribution in [3.8, 4) is 0 Å². The third-order valence-corrected chi connectivity index (χ3v) is 4.60. The minimum Gasteiger partial charge on any atom is -0.338 e. The summed E-state index contributed by atoms with van der Waals surface area (Å²) in [7, 11) is 1.88. The van der Waals surface area contributed by atoms with Crippen LogP contribution in [0.1, 0.15) is 31.5 Å². The zero-order chi connectivity index (χ0) is 16.1. The van der Waals surface area contributed by atoms with E-state index in [2.05, 4.69) is 27.6 Å². The maximum atomic E-state index is 11.4. The summed E-state index contributed by atoms with van der Waals surface area (Å²) in [5, 5.41) is 10.9. The molecule has 6 nitrogen and oxygen atoms in total. The Labute approximate surface area is 137 Å². The Morgan fingerprint density at radius 1 is 1.41 bits per heavy atom. The van der Waals surface area contributed by atoms with Gasteiger partial charge in [-0.3, -0.25) is 9.58 Å². The molecule has 1 aliphatic rings. The van der Waals surface area contributed by atoms with Gasteiger partial charge in [-0.05, 0) is 32.2 Å². The largest absolute Gasteiger partial charge is 0.338 e. The molecule has 2 amide bonds. The topological polar surface area (TPSA) is 62.2 Å². The van der Waals surface area contributed by atoms with Gasteiger partial charge in [0.25, 0.3) is 0 Å². The fourth-order valence-electron chi connectivity index (χ4n) is 2.95. The molecule has 1 aromatic heterocycles. The molecule has 7 heteroatoms. The van der Waals surface area contributed by atoms with Gasteiger partial charge in [-0.15, -0.1) is 0 Å². The second-order valence-corrected chi connectivity index (χ2v) is 6.18. The highest BCUT2D eigenvalue weighted by Gasteiger charge is 2.25. The fraction of sp³-hybridized carbons (Fsp3) is 0.733. The van der Waals surface area contributed by atoms with Gasteiger partial charge in [0.15, 0.2) is 0 Å². The lowest BCUT2D eigenvalue weighted by Gasteiger charge is -2.16. The monoisotopic (exact) mass is 327 g/mol. The molecule has 2 rings (SSSR count). The number of nitrogens with zero attached hydrogens (tertiary/aromatic N) is 3. The number of hydrogen-bond acceptors (Lipinski definition) is 3. The highest BCUT2D eigenvalue weighted by Crippen LogP contribution is 2.25.